The fourth-order valence-electron chi connectivity index (χ4n) is 1.97. The van der Waals surface area contributed by atoms with Crippen molar-refractivity contribution in [2.24, 2.45) is 0 Å². The summed E-state index contributed by atoms with van der Waals surface area (Å²) >= 11 is 5.79. The highest BCUT2D eigenvalue weighted by molar-refractivity contribution is 6.30. The van der Waals surface area contributed by atoms with Crippen LogP contribution < -0.4 is 4.74 Å². The maximum Gasteiger partial charge on any atom is 0.119 e. The number of ether oxygens (including phenoxy) is 1. The van der Waals surface area contributed by atoms with Crippen molar-refractivity contribution in [3.63, 3.8) is 0 Å². The monoisotopic (exact) mass is 255 g/mol. The minimum atomic E-state index is -0.108. The number of aliphatic hydroxyl groups excluding tert-OH is 1. The minimum absolute atomic E-state index is 0.108. The van der Waals surface area contributed by atoms with Gasteiger partial charge in [0.2, 0.25) is 0 Å². The van der Waals surface area contributed by atoms with Gasteiger partial charge in [0.05, 0.1) is 6.10 Å². The number of piperidine rings is 1. The van der Waals surface area contributed by atoms with E-state index in [0.29, 0.717) is 6.61 Å². The van der Waals surface area contributed by atoms with Crippen molar-refractivity contribution in [3.05, 3.63) is 29.3 Å². The van der Waals surface area contributed by atoms with E-state index in [1.54, 1.807) is 0 Å². The van der Waals surface area contributed by atoms with E-state index in [-0.39, 0.29) is 6.10 Å². The predicted octanol–water partition coefficient (Wildman–Crippen LogP) is 2.18. The average Bonchev–Trinajstić information content (AvgIpc) is 2.34. The molecule has 0 bridgehead atoms. The molecule has 17 heavy (non-hydrogen) atoms. The molecule has 0 amide bonds. The lowest BCUT2D eigenvalue weighted by atomic mass is 10.1. The molecule has 1 saturated heterocycles. The smallest absolute Gasteiger partial charge is 0.119 e. The highest BCUT2D eigenvalue weighted by atomic mass is 35.5. The van der Waals surface area contributed by atoms with Gasteiger partial charge < -0.3 is 9.84 Å². The summed E-state index contributed by atoms with van der Waals surface area (Å²) in [4.78, 5) is 2.32. The zero-order chi connectivity index (χ0) is 12.1. The molecule has 1 aliphatic heterocycles. The van der Waals surface area contributed by atoms with Gasteiger partial charge in [-0.3, -0.25) is 4.90 Å². The summed E-state index contributed by atoms with van der Waals surface area (Å²) in [5.41, 5.74) is 0. The Morgan fingerprint density at radius 3 is 2.53 bits per heavy atom. The molecule has 0 unspecified atom stereocenters. The topological polar surface area (TPSA) is 32.7 Å². The second-order valence-electron chi connectivity index (χ2n) is 4.38. The third-order valence-corrected chi connectivity index (χ3v) is 3.30. The van der Waals surface area contributed by atoms with Crippen molar-refractivity contribution < 1.29 is 9.84 Å². The van der Waals surface area contributed by atoms with E-state index in [0.717, 1.165) is 43.2 Å². The van der Waals surface area contributed by atoms with Gasteiger partial charge in [0.25, 0.3) is 0 Å². The number of halogens is 1. The molecule has 0 aromatic heterocycles. The Balaban J connectivity index is 1.67. The van der Waals surface area contributed by atoms with Gasteiger partial charge in [0, 0.05) is 24.7 Å². The molecule has 0 atom stereocenters. The standard InChI is InChI=1S/C13H18ClNO2/c14-11-1-3-13(4-2-11)17-10-9-15-7-5-12(16)6-8-15/h1-4,12,16H,5-10H2. The Kier molecular flexibility index (Phi) is 4.66. The zero-order valence-electron chi connectivity index (χ0n) is 9.81. The van der Waals surface area contributed by atoms with Gasteiger partial charge in [-0.1, -0.05) is 11.6 Å². The van der Waals surface area contributed by atoms with E-state index in [1.807, 2.05) is 24.3 Å². The molecule has 0 radical (unpaired) electrons. The molecule has 0 spiro atoms. The van der Waals surface area contributed by atoms with Crippen LogP contribution in [0.4, 0.5) is 0 Å². The van der Waals surface area contributed by atoms with Crippen LogP contribution in [-0.2, 0) is 0 Å². The molecule has 94 valence electrons. The molecule has 0 saturated carbocycles. The molecule has 3 nitrogen and oxygen atoms in total. The molecule has 1 aromatic rings. The number of hydrogen-bond donors (Lipinski definition) is 1. The van der Waals surface area contributed by atoms with E-state index >= 15 is 0 Å². The average molecular weight is 256 g/mol. The van der Waals surface area contributed by atoms with Crippen molar-refractivity contribution in [2.75, 3.05) is 26.2 Å². The van der Waals surface area contributed by atoms with E-state index in [9.17, 15) is 5.11 Å². The summed E-state index contributed by atoms with van der Waals surface area (Å²) in [6, 6.07) is 7.41. The highest BCUT2D eigenvalue weighted by Crippen LogP contribution is 2.15. The van der Waals surface area contributed by atoms with Crippen molar-refractivity contribution in [3.8, 4) is 5.75 Å². The van der Waals surface area contributed by atoms with Gasteiger partial charge in [0.1, 0.15) is 12.4 Å². The first-order valence-corrected chi connectivity index (χ1v) is 6.40. The quantitative estimate of drug-likeness (QED) is 0.895. The van der Waals surface area contributed by atoms with Gasteiger partial charge in [-0.05, 0) is 37.1 Å². The molecule has 1 aromatic carbocycles. The van der Waals surface area contributed by atoms with Gasteiger partial charge >= 0.3 is 0 Å². The molecule has 1 N–H and O–H groups in total. The second-order valence-corrected chi connectivity index (χ2v) is 4.81. The van der Waals surface area contributed by atoms with E-state index < -0.39 is 0 Å². The SMILES string of the molecule is OC1CCN(CCOc2ccc(Cl)cc2)CC1. The molecular formula is C13H18ClNO2. The van der Waals surface area contributed by atoms with Crippen LogP contribution in [0, 0.1) is 0 Å². The van der Waals surface area contributed by atoms with Gasteiger partial charge in [-0.25, -0.2) is 0 Å². The highest BCUT2D eigenvalue weighted by Gasteiger charge is 2.16. The first-order chi connectivity index (χ1) is 8.24. The summed E-state index contributed by atoms with van der Waals surface area (Å²) in [5, 5.41) is 10.1. The Bertz CT molecular complexity index is 334. The van der Waals surface area contributed by atoms with E-state index in [1.165, 1.54) is 0 Å². The van der Waals surface area contributed by atoms with Gasteiger partial charge in [-0.15, -0.1) is 0 Å². The second kappa shape index (κ2) is 6.24. The summed E-state index contributed by atoms with van der Waals surface area (Å²) in [6.07, 6.45) is 1.64. The van der Waals surface area contributed by atoms with Crippen LogP contribution in [0.5, 0.6) is 5.75 Å². The summed E-state index contributed by atoms with van der Waals surface area (Å²) < 4.78 is 5.63. The number of rotatable bonds is 4. The molecule has 0 aliphatic carbocycles. The van der Waals surface area contributed by atoms with E-state index in [4.69, 9.17) is 16.3 Å². The van der Waals surface area contributed by atoms with Crippen molar-refractivity contribution in [2.45, 2.75) is 18.9 Å². The van der Waals surface area contributed by atoms with Crippen LogP contribution in [0.3, 0.4) is 0 Å². The van der Waals surface area contributed by atoms with Crippen LogP contribution in [0.25, 0.3) is 0 Å². The molecule has 1 aliphatic rings. The number of hydrogen-bond acceptors (Lipinski definition) is 3. The molecular weight excluding hydrogens is 238 g/mol. The van der Waals surface area contributed by atoms with Crippen LogP contribution in [-0.4, -0.2) is 42.4 Å². The van der Waals surface area contributed by atoms with Crippen LogP contribution >= 0.6 is 11.6 Å². The maximum absolute atomic E-state index is 9.39. The first kappa shape index (κ1) is 12.7. The fourth-order valence-corrected chi connectivity index (χ4v) is 2.09. The number of likely N-dealkylation sites (tertiary alicyclic amines) is 1. The molecule has 1 heterocycles. The van der Waals surface area contributed by atoms with Crippen LogP contribution in [0.1, 0.15) is 12.8 Å². The fraction of sp³-hybridized carbons (Fsp3) is 0.538. The number of nitrogens with zero attached hydrogens (tertiary/aromatic N) is 1. The normalized spacial score (nSPS) is 18.2. The van der Waals surface area contributed by atoms with Crippen LogP contribution in [0.2, 0.25) is 5.02 Å². The molecule has 1 fully saturated rings. The Hall–Kier alpha value is -0.770. The largest absolute Gasteiger partial charge is 0.492 e. The summed E-state index contributed by atoms with van der Waals surface area (Å²) in [7, 11) is 0. The van der Waals surface area contributed by atoms with E-state index in [2.05, 4.69) is 4.90 Å². The number of aliphatic hydroxyl groups is 1. The lowest BCUT2D eigenvalue weighted by Crippen LogP contribution is -2.38. The van der Waals surface area contributed by atoms with Crippen molar-refractivity contribution in [1.82, 2.24) is 4.90 Å². The summed E-state index contributed by atoms with van der Waals surface area (Å²) in [6.45, 7) is 3.52. The summed E-state index contributed by atoms with van der Waals surface area (Å²) in [5.74, 6) is 0.853. The third-order valence-electron chi connectivity index (χ3n) is 3.05. The Labute approximate surface area is 107 Å². The molecule has 2 rings (SSSR count). The lowest BCUT2D eigenvalue weighted by molar-refractivity contribution is 0.0755. The third kappa shape index (κ3) is 4.19. The number of benzene rings is 1. The van der Waals surface area contributed by atoms with Crippen LogP contribution in [0.15, 0.2) is 24.3 Å². The Morgan fingerprint density at radius 1 is 1.24 bits per heavy atom. The van der Waals surface area contributed by atoms with Crippen molar-refractivity contribution in [1.29, 1.82) is 0 Å². The zero-order valence-corrected chi connectivity index (χ0v) is 10.6. The van der Waals surface area contributed by atoms with Gasteiger partial charge in [-0.2, -0.15) is 0 Å². The predicted molar refractivity (Wildman–Crippen MR) is 68.6 cm³/mol. The minimum Gasteiger partial charge on any atom is -0.492 e. The van der Waals surface area contributed by atoms with Crippen molar-refractivity contribution >= 4 is 11.6 Å². The first-order valence-electron chi connectivity index (χ1n) is 6.03. The van der Waals surface area contributed by atoms with Gasteiger partial charge in [0.15, 0.2) is 0 Å². The lowest BCUT2D eigenvalue weighted by Gasteiger charge is -2.29. The maximum atomic E-state index is 9.39. The Morgan fingerprint density at radius 2 is 1.88 bits per heavy atom. The molecule has 4 heteroatoms.